The molecule has 0 aromatic heterocycles. The Bertz CT molecular complexity index is 733. The van der Waals surface area contributed by atoms with Crippen molar-refractivity contribution in [2.75, 3.05) is 39.9 Å². The summed E-state index contributed by atoms with van der Waals surface area (Å²) in [6.07, 6.45) is 0. The predicted molar refractivity (Wildman–Crippen MR) is 87.4 cm³/mol. The molecule has 1 aliphatic rings. The number of carbonyl (C=O) groups excluding carboxylic acids is 2. The van der Waals surface area contributed by atoms with Gasteiger partial charge in [-0.1, -0.05) is 0 Å². The van der Waals surface area contributed by atoms with E-state index in [-0.39, 0.29) is 28.5 Å². The minimum absolute atomic E-state index is 0.0600. The van der Waals surface area contributed by atoms with Gasteiger partial charge in [-0.05, 0) is 25.1 Å². The number of sulfonamides is 1. The van der Waals surface area contributed by atoms with Gasteiger partial charge in [-0.3, -0.25) is 9.59 Å². The van der Waals surface area contributed by atoms with Gasteiger partial charge in [0.1, 0.15) is 4.90 Å². The van der Waals surface area contributed by atoms with Crippen LogP contribution in [0, 0.1) is 0 Å². The van der Waals surface area contributed by atoms with E-state index in [2.05, 4.69) is 10.6 Å². The van der Waals surface area contributed by atoms with Crippen molar-refractivity contribution in [2.24, 2.45) is 0 Å². The second-order valence-corrected chi connectivity index (χ2v) is 7.02. The number of benzene rings is 1. The highest BCUT2D eigenvalue weighted by molar-refractivity contribution is 7.90. The lowest BCUT2D eigenvalue weighted by molar-refractivity contribution is 0.0874. The zero-order valence-corrected chi connectivity index (χ0v) is 14.5. The van der Waals surface area contributed by atoms with Crippen LogP contribution >= 0.6 is 0 Å². The molecule has 1 heterocycles. The first kappa shape index (κ1) is 18.4. The molecule has 2 rings (SSSR count). The molecule has 0 saturated carbocycles. The summed E-state index contributed by atoms with van der Waals surface area (Å²) >= 11 is 0. The molecule has 1 aliphatic heterocycles. The Morgan fingerprint density at radius 3 is 2.67 bits per heavy atom. The third-order valence-electron chi connectivity index (χ3n) is 3.63. The van der Waals surface area contributed by atoms with Gasteiger partial charge in [-0.15, -0.1) is 0 Å². The quantitative estimate of drug-likeness (QED) is 0.627. The highest BCUT2D eigenvalue weighted by atomic mass is 32.2. The molecule has 1 aromatic rings. The number of nitrogens with one attached hydrogen (secondary N) is 2. The molecule has 1 aromatic carbocycles. The van der Waals surface area contributed by atoms with Crippen molar-refractivity contribution in [1.82, 2.24) is 14.9 Å². The number of carbonyl (C=O) groups is 2. The zero-order chi connectivity index (χ0) is 17.7. The summed E-state index contributed by atoms with van der Waals surface area (Å²) in [5.74, 6) is -0.939. The van der Waals surface area contributed by atoms with Gasteiger partial charge in [0.15, 0.2) is 0 Å². The molecule has 0 radical (unpaired) electrons. The topological polar surface area (TPSA) is 105 Å². The maximum Gasteiger partial charge on any atom is 0.268 e. The van der Waals surface area contributed by atoms with Gasteiger partial charge in [0.25, 0.3) is 21.8 Å². The first-order valence-corrected chi connectivity index (χ1v) is 9.06. The third kappa shape index (κ3) is 3.58. The molecule has 0 unspecified atom stereocenters. The molecule has 24 heavy (non-hydrogen) atoms. The Balaban J connectivity index is 2.05. The van der Waals surface area contributed by atoms with Crippen LogP contribution in [0.5, 0.6) is 0 Å². The Labute approximate surface area is 141 Å². The van der Waals surface area contributed by atoms with Crippen LogP contribution in [0.3, 0.4) is 0 Å². The number of ether oxygens (including phenoxy) is 1. The molecule has 0 saturated heterocycles. The van der Waals surface area contributed by atoms with Crippen molar-refractivity contribution in [3.05, 3.63) is 29.3 Å². The largest absolute Gasteiger partial charge is 0.383 e. The molecule has 2 amide bonds. The molecule has 0 fully saturated rings. The Morgan fingerprint density at radius 1 is 1.25 bits per heavy atom. The lowest BCUT2D eigenvalue weighted by Crippen LogP contribution is -2.33. The van der Waals surface area contributed by atoms with Crippen LogP contribution in [0.1, 0.15) is 27.6 Å². The van der Waals surface area contributed by atoms with Crippen LogP contribution in [0.15, 0.2) is 23.1 Å². The van der Waals surface area contributed by atoms with E-state index in [0.717, 1.165) is 4.31 Å². The number of fused-ring (bicyclic) bond motifs is 1. The fraction of sp³-hybridized carbons (Fsp3) is 0.467. The molecular formula is C15H21N3O5S. The van der Waals surface area contributed by atoms with Crippen LogP contribution in [0.25, 0.3) is 0 Å². The van der Waals surface area contributed by atoms with Crippen molar-refractivity contribution < 1.29 is 22.7 Å². The van der Waals surface area contributed by atoms with Gasteiger partial charge in [0.2, 0.25) is 0 Å². The minimum Gasteiger partial charge on any atom is -0.383 e. The highest BCUT2D eigenvalue weighted by Gasteiger charge is 2.40. The van der Waals surface area contributed by atoms with Gasteiger partial charge in [-0.25, -0.2) is 12.7 Å². The Morgan fingerprint density at radius 2 is 2.00 bits per heavy atom. The van der Waals surface area contributed by atoms with Crippen molar-refractivity contribution >= 4 is 21.8 Å². The SMILES string of the molecule is CCN1C(=O)c2ccc(C(=O)NCCNCCOC)cc2S1(=O)=O. The van der Waals surface area contributed by atoms with Crippen LogP contribution in [-0.2, 0) is 14.8 Å². The predicted octanol–water partition coefficient (Wildman–Crippen LogP) is -0.183. The summed E-state index contributed by atoms with van der Waals surface area (Å²) in [6, 6.07) is 4.10. The van der Waals surface area contributed by atoms with E-state index in [1.54, 1.807) is 14.0 Å². The number of nitrogens with zero attached hydrogens (tertiary/aromatic N) is 1. The summed E-state index contributed by atoms with van der Waals surface area (Å²) in [5.41, 5.74) is 0.314. The van der Waals surface area contributed by atoms with E-state index in [1.807, 2.05) is 0 Å². The maximum atomic E-state index is 12.3. The molecule has 0 bridgehead atoms. The molecular weight excluding hydrogens is 334 g/mol. The highest BCUT2D eigenvalue weighted by Crippen LogP contribution is 2.30. The summed E-state index contributed by atoms with van der Waals surface area (Å²) < 4.78 is 30.3. The van der Waals surface area contributed by atoms with Crippen molar-refractivity contribution in [2.45, 2.75) is 11.8 Å². The minimum atomic E-state index is -3.86. The van der Waals surface area contributed by atoms with Gasteiger partial charge in [0, 0.05) is 38.9 Å². The fourth-order valence-electron chi connectivity index (χ4n) is 2.40. The van der Waals surface area contributed by atoms with E-state index in [9.17, 15) is 18.0 Å². The van der Waals surface area contributed by atoms with Crippen LogP contribution < -0.4 is 10.6 Å². The molecule has 0 atom stereocenters. The molecule has 0 spiro atoms. The lowest BCUT2D eigenvalue weighted by Gasteiger charge is -2.11. The standard InChI is InChI=1S/C15H21N3O5S/c1-3-18-15(20)12-5-4-11(10-13(12)24(18,21)22)14(19)17-7-6-16-8-9-23-2/h4-5,10,16H,3,6-9H2,1-2H3,(H,17,19). The Hall–Kier alpha value is -1.97. The fourth-order valence-corrected chi connectivity index (χ4v) is 4.00. The summed E-state index contributed by atoms with van der Waals surface area (Å²) in [6.45, 7) is 3.87. The maximum absolute atomic E-state index is 12.3. The van der Waals surface area contributed by atoms with E-state index in [0.29, 0.717) is 26.2 Å². The number of methoxy groups -OCH3 is 1. The molecule has 8 nitrogen and oxygen atoms in total. The molecule has 132 valence electrons. The van der Waals surface area contributed by atoms with Gasteiger partial charge >= 0.3 is 0 Å². The monoisotopic (exact) mass is 355 g/mol. The normalized spacial score (nSPS) is 15.4. The summed E-state index contributed by atoms with van der Waals surface area (Å²) in [4.78, 5) is 24.1. The lowest BCUT2D eigenvalue weighted by atomic mass is 10.1. The van der Waals surface area contributed by atoms with Crippen LogP contribution in [0.4, 0.5) is 0 Å². The average molecular weight is 355 g/mol. The summed E-state index contributed by atoms with van der Waals surface area (Å²) in [7, 11) is -2.25. The zero-order valence-electron chi connectivity index (χ0n) is 13.7. The second kappa shape index (κ2) is 7.73. The van der Waals surface area contributed by atoms with Gasteiger partial charge in [0.05, 0.1) is 12.2 Å². The molecule has 0 aliphatic carbocycles. The van der Waals surface area contributed by atoms with Crippen molar-refractivity contribution in [3.63, 3.8) is 0 Å². The van der Waals surface area contributed by atoms with Crippen LogP contribution in [0.2, 0.25) is 0 Å². The van der Waals surface area contributed by atoms with E-state index in [1.165, 1.54) is 18.2 Å². The van der Waals surface area contributed by atoms with Crippen molar-refractivity contribution in [1.29, 1.82) is 0 Å². The summed E-state index contributed by atoms with van der Waals surface area (Å²) in [5, 5.41) is 5.78. The third-order valence-corrected chi connectivity index (χ3v) is 5.52. The first-order chi connectivity index (χ1) is 11.4. The van der Waals surface area contributed by atoms with Crippen molar-refractivity contribution in [3.8, 4) is 0 Å². The molecule has 2 N–H and O–H groups in total. The second-order valence-electron chi connectivity index (χ2n) is 5.18. The number of hydrogen-bond acceptors (Lipinski definition) is 6. The van der Waals surface area contributed by atoms with Gasteiger partial charge in [-0.2, -0.15) is 0 Å². The van der Waals surface area contributed by atoms with E-state index < -0.39 is 15.9 Å². The number of rotatable bonds is 8. The van der Waals surface area contributed by atoms with E-state index in [4.69, 9.17) is 4.74 Å². The van der Waals surface area contributed by atoms with Crippen LogP contribution in [-0.4, -0.2) is 64.4 Å². The van der Waals surface area contributed by atoms with E-state index >= 15 is 0 Å². The molecule has 9 heteroatoms. The smallest absolute Gasteiger partial charge is 0.268 e. The first-order valence-electron chi connectivity index (χ1n) is 7.62. The number of amides is 2. The Kier molecular flexibility index (Phi) is 5.92. The number of hydrogen-bond donors (Lipinski definition) is 2. The average Bonchev–Trinajstić information content (AvgIpc) is 2.76. The van der Waals surface area contributed by atoms with Gasteiger partial charge < -0.3 is 15.4 Å².